The number of hydrogen-bond acceptors (Lipinski definition) is 3. The van der Waals surface area contributed by atoms with Gasteiger partial charge >= 0.3 is 0 Å². The number of thiophene rings is 1. The molecule has 1 heterocycles. The van der Waals surface area contributed by atoms with Gasteiger partial charge in [0.05, 0.1) is 6.04 Å². The molecule has 2 rings (SSSR count). The zero-order valence-corrected chi connectivity index (χ0v) is 12.7. The molecule has 0 aliphatic heterocycles. The smallest absolute Gasteiger partial charge is 0.223 e. The molecule has 21 heavy (non-hydrogen) atoms. The standard InChI is InChI=1S/C16H19FN2OS/c1-11(8-9-18)16(20)19-15(14-3-2-10-21-14)12-4-6-13(17)7-5-12/h2-7,10-11,15H,8-9,18H2,1H3,(H,19,20). The highest BCUT2D eigenvalue weighted by Gasteiger charge is 2.20. The maximum absolute atomic E-state index is 13.1. The van der Waals surface area contributed by atoms with Gasteiger partial charge < -0.3 is 11.1 Å². The molecule has 2 unspecified atom stereocenters. The van der Waals surface area contributed by atoms with Crippen LogP contribution in [0.15, 0.2) is 41.8 Å². The lowest BCUT2D eigenvalue weighted by molar-refractivity contribution is -0.125. The minimum absolute atomic E-state index is 0.0387. The minimum atomic E-state index is -0.286. The van der Waals surface area contributed by atoms with Crippen molar-refractivity contribution in [3.63, 3.8) is 0 Å². The maximum Gasteiger partial charge on any atom is 0.223 e. The van der Waals surface area contributed by atoms with Crippen LogP contribution in [0.25, 0.3) is 0 Å². The molecule has 2 atom stereocenters. The summed E-state index contributed by atoms with van der Waals surface area (Å²) in [5.74, 6) is -0.465. The van der Waals surface area contributed by atoms with Gasteiger partial charge in [-0.05, 0) is 42.1 Å². The Balaban J connectivity index is 2.21. The van der Waals surface area contributed by atoms with Crippen molar-refractivity contribution >= 4 is 17.2 Å². The highest BCUT2D eigenvalue weighted by molar-refractivity contribution is 7.10. The largest absolute Gasteiger partial charge is 0.344 e. The van der Waals surface area contributed by atoms with Crippen LogP contribution in [0.2, 0.25) is 0 Å². The van der Waals surface area contributed by atoms with E-state index in [1.54, 1.807) is 23.5 Å². The number of benzene rings is 1. The number of rotatable bonds is 6. The number of nitrogens with one attached hydrogen (secondary N) is 1. The maximum atomic E-state index is 13.1. The van der Waals surface area contributed by atoms with Crippen molar-refractivity contribution in [3.05, 3.63) is 58.0 Å². The Labute approximate surface area is 128 Å². The molecule has 112 valence electrons. The average Bonchev–Trinajstić information content (AvgIpc) is 3.00. The monoisotopic (exact) mass is 306 g/mol. The van der Waals surface area contributed by atoms with Gasteiger partial charge in [-0.3, -0.25) is 4.79 Å². The third-order valence-electron chi connectivity index (χ3n) is 3.36. The van der Waals surface area contributed by atoms with Gasteiger partial charge in [0, 0.05) is 10.8 Å². The van der Waals surface area contributed by atoms with Gasteiger partial charge in [0.15, 0.2) is 0 Å². The molecule has 0 bridgehead atoms. The molecule has 1 amide bonds. The molecule has 0 spiro atoms. The first kappa shape index (κ1) is 15.7. The number of halogens is 1. The van der Waals surface area contributed by atoms with Gasteiger partial charge in [0.1, 0.15) is 5.82 Å². The molecule has 1 aromatic carbocycles. The molecule has 5 heteroatoms. The van der Waals surface area contributed by atoms with E-state index in [1.165, 1.54) is 12.1 Å². The van der Waals surface area contributed by atoms with Gasteiger partial charge in [-0.2, -0.15) is 0 Å². The summed E-state index contributed by atoms with van der Waals surface area (Å²) in [6.45, 7) is 2.34. The summed E-state index contributed by atoms with van der Waals surface area (Å²) in [6.07, 6.45) is 0.645. The third-order valence-corrected chi connectivity index (χ3v) is 4.30. The first-order chi connectivity index (χ1) is 10.1. The van der Waals surface area contributed by atoms with Crippen LogP contribution < -0.4 is 11.1 Å². The molecule has 1 aromatic heterocycles. The Morgan fingerprint density at radius 1 is 1.33 bits per heavy atom. The van der Waals surface area contributed by atoms with Gasteiger partial charge in [-0.25, -0.2) is 4.39 Å². The van der Waals surface area contributed by atoms with Crippen LogP contribution in [0.4, 0.5) is 4.39 Å². The van der Waals surface area contributed by atoms with Crippen molar-refractivity contribution in [1.82, 2.24) is 5.32 Å². The summed E-state index contributed by atoms with van der Waals surface area (Å²) < 4.78 is 13.1. The molecule has 0 fully saturated rings. The van der Waals surface area contributed by atoms with E-state index < -0.39 is 0 Å². The zero-order valence-electron chi connectivity index (χ0n) is 11.9. The van der Waals surface area contributed by atoms with Gasteiger partial charge in [0.25, 0.3) is 0 Å². The van der Waals surface area contributed by atoms with Crippen LogP contribution in [0.3, 0.4) is 0 Å². The molecule has 3 nitrogen and oxygen atoms in total. The van der Waals surface area contributed by atoms with Crippen molar-refractivity contribution in [2.75, 3.05) is 6.54 Å². The van der Waals surface area contributed by atoms with Crippen molar-refractivity contribution in [2.45, 2.75) is 19.4 Å². The number of carbonyl (C=O) groups is 1. The van der Waals surface area contributed by atoms with Crippen LogP contribution in [0.1, 0.15) is 29.8 Å². The average molecular weight is 306 g/mol. The fourth-order valence-corrected chi connectivity index (χ4v) is 2.90. The van der Waals surface area contributed by atoms with Crippen LogP contribution in [-0.4, -0.2) is 12.5 Å². The van der Waals surface area contributed by atoms with E-state index in [1.807, 2.05) is 24.4 Å². The molecular weight excluding hydrogens is 287 g/mol. The molecule has 3 N–H and O–H groups in total. The fourth-order valence-electron chi connectivity index (χ4n) is 2.10. The topological polar surface area (TPSA) is 55.1 Å². The summed E-state index contributed by atoms with van der Waals surface area (Å²) in [5.41, 5.74) is 6.37. The first-order valence-electron chi connectivity index (χ1n) is 6.91. The van der Waals surface area contributed by atoms with Crippen LogP contribution >= 0.6 is 11.3 Å². The molecule has 0 radical (unpaired) electrons. The summed E-state index contributed by atoms with van der Waals surface area (Å²) in [4.78, 5) is 13.3. The number of hydrogen-bond donors (Lipinski definition) is 2. The van der Waals surface area contributed by atoms with E-state index in [0.29, 0.717) is 13.0 Å². The van der Waals surface area contributed by atoms with Gasteiger partial charge in [-0.15, -0.1) is 11.3 Å². The van der Waals surface area contributed by atoms with Gasteiger partial charge in [0.2, 0.25) is 5.91 Å². The molecule has 0 saturated carbocycles. The lowest BCUT2D eigenvalue weighted by Gasteiger charge is -2.20. The SMILES string of the molecule is CC(CCN)C(=O)NC(c1ccc(F)cc1)c1cccs1. The van der Waals surface area contributed by atoms with Gasteiger partial charge in [-0.1, -0.05) is 25.1 Å². The first-order valence-corrected chi connectivity index (χ1v) is 7.79. The molecule has 0 saturated heterocycles. The van der Waals surface area contributed by atoms with Crippen molar-refractivity contribution in [1.29, 1.82) is 0 Å². The Bertz CT molecular complexity index is 568. The normalized spacial score (nSPS) is 13.7. The quantitative estimate of drug-likeness (QED) is 0.861. The number of carbonyl (C=O) groups excluding carboxylic acids is 1. The van der Waals surface area contributed by atoms with E-state index in [-0.39, 0.29) is 23.7 Å². The summed E-state index contributed by atoms with van der Waals surface area (Å²) in [6, 6.07) is 9.87. The van der Waals surface area contributed by atoms with Crippen LogP contribution in [-0.2, 0) is 4.79 Å². The number of nitrogens with two attached hydrogens (primary N) is 1. The Hall–Kier alpha value is -1.72. The summed E-state index contributed by atoms with van der Waals surface area (Å²) >= 11 is 1.56. The van der Waals surface area contributed by atoms with Crippen molar-refractivity contribution < 1.29 is 9.18 Å². The number of amides is 1. The third kappa shape index (κ3) is 4.12. The summed E-state index contributed by atoms with van der Waals surface area (Å²) in [5, 5.41) is 4.99. The van der Waals surface area contributed by atoms with E-state index in [2.05, 4.69) is 5.32 Å². The van der Waals surface area contributed by atoms with E-state index in [4.69, 9.17) is 5.73 Å². The molecular formula is C16H19FN2OS. The second-order valence-corrected chi connectivity index (χ2v) is 5.97. The highest BCUT2D eigenvalue weighted by Crippen LogP contribution is 2.26. The molecule has 2 aromatic rings. The minimum Gasteiger partial charge on any atom is -0.344 e. The highest BCUT2D eigenvalue weighted by atomic mass is 32.1. The second-order valence-electron chi connectivity index (χ2n) is 4.99. The fraction of sp³-hybridized carbons (Fsp3) is 0.312. The Morgan fingerprint density at radius 3 is 2.62 bits per heavy atom. The predicted molar refractivity (Wildman–Crippen MR) is 83.5 cm³/mol. The van der Waals surface area contributed by atoms with Crippen LogP contribution in [0, 0.1) is 11.7 Å². The lowest BCUT2D eigenvalue weighted by Crippen LogP contribution is -2.34. The lowest BCUT2D eigenvalue weighted by atomic mass is 10.0. The Morgan fingerprint density at radius 2 is 2.05 bits per heavy atom. The Kier molecular flexibility index (Phi) is 5.47. The van der Waals surface area contributed by atoms with Crippen LogP contribution in [0.5, 0.6) is 0 Å². The zero-order chi connectivity index (χ0) is 15.2. The van der Waals surface area contributed by atoms with E-state index in [9.17, 15) is 9.18 Å². The summed E-state index contributed by atoms with van der Waals surface area (Å²) in [7, 11) is 0. The predicted octanol–water partition coefficient (Wildman–Crippen LogP) is 3.08. The van der Waals surface area contributed by atoms with Crippen molar-refractivity contribution in [3.8, 4) is 0 Å². The van der Waals surface area contributed by atoms with E-state index in [0.717, 1.165) is 10.4 Å². The molecule has 0 aliphatic rings. The molecule has 0 aliphatic carbocycles. The second kappa shape index (κ2) is 7.33. The van der Waals surface area contributed by atoms with Crippen molar-refractivity contribution in [2.24, 2.45) is 11.7 Å². The van der Waals surface area contributed by atoms with E-state index >= 15 is 0 Å².